The number of rotatable bonds is 8. The van der Waals surface area contributed by atoms with Crippen molar-refractivity contribution in [1.29, 1.82) is 0 Å². The zero-order valence-corrected chi connectivity index (χ0v) is 22.4. The normalized spacial score (nSPS) is 20.0. The van der Waals surface area contributed by atoms with Gasteiger partial charge in [0.2, 0.25) is 0 Å². The predicted octanol–water partition coefficient (Wildman–Crippen LogP) is 5.45. The number of carbonyl (C=O) groups is 1. The third-order valence-corrected chi connectivity index (χ3v) is 8.26. The van der Waals surface area contributed by atoms with E-state index >= 15 is 0 Å². The molecule has 2 fully saturated rings. The molecule has 0 saturated carbocycles. The Hall–Kier alpha value is -3.22. The maximum atomic E-state index is 13.1. The van der Waals surface area contributed by atoms with E-state index in [2.05, 4.69) is 59.2 Å². The molecule has 3 aromatic rings. The van der Waals surface area contributed by atoms with Crippen molar-refractivity contribution >= 4 is 28.6 Å². The molecule has 3 aliphatic rings. The molecule has 38 heavy (non-hydrogen) atoms. The van der Waals surface area contributed by atoms with Gasteiger partial charge in [0.1, 0.15) is 5.75 Å². The first-order valence-electron chi connectivity index (χ1n) is 14.2. The number of carbonyl (C=O) groups excluding carboxylic acids is 1. The highest BCUT2D eigenvalue weighted by molar-refractivity contribution is 6.06. The van der Waals surface area contributed by atoms with Crippen molar-refractivity contribution in [3.8, 4) is 5.75 Å². The number of hydrogen-bond donors (Lipinski definition) is 0. The van der Waals surface area contributed by atoms with Gasteiger partial charge < -0.3 is 14.5 Å². The average molecular weight is 511 g/mol. The molecular formula is C32H38N4O2. The van der Waals surface area contributed by atoms with Crippen molar-refractivity contribution in [1.82, 2.24) is 14.7 Å². The molecule has 0 N–H and O–H groups in total. The summed E-state index contributed by atoms with van der Waals surface area (Å²) in [6.45, 7) is 10.4. The zero-order valence-electron chi connectivity index (χ0n) is 22.4. The van der Waals surface area contributed by atoms with E-state index in [1.165, 1.54) is 5.56 Å². The van der Waals surface area contributed by atoms with E-state index < -0.39 is 0 Å². The molecule has 0 aliphatic carbocycles. The number of fused-ring (bicyclic) bond motifs is 3. The minimum absolute atomic E-state index is 0.109. The van der Waals surface area contributed by atoms with Gasteiger partial charge in [-0.3, -0.25) is 14.7 Å². The highest BCUT2D eigenvalue weighted by Crippen LogP contribution is 2.34. The molecule has 1 amide bonds. The molecule has 6 nitrogen and oxygen atoms in total. The lowest BCUT2D eigenvalue weighted by Gasteiger charge is -2.34. The van der Waals surface area contributed by atoms with Gasteiger partial charge >= 0.3 is 0 Å². The fraction of sp³-hybridized carbons (Fsp3) is 0.438. The lowest BCUT2D eigenvalue weighted by molar-refractivity contribution is 0.0775. The van der Waals surface area contributed by atoms with E-state index in [9.17, 15) is 4.79 Å². The van der Waals surface area contributed by atoms with Crippen molar-refractivity contribution in [3.05, 3.63) is 71.3 Å². The molecule has 0 bridgehead atoms. The van der Waals surface area contributed by atoms with Crippen LogP contribution in [0.25, 0.3) is 10.8 Å². The number of aryl methyl sites for hydroxylation is 1. The number of amides is 1. The average Bonchev–Trinajstić information content (AvgIpc) is 3.37. The first-order valence-corrected chi connectivity index (χ1v) is 14.2. The third-order valence-electron chi connectivity index (χ3n) is 8.26. The fourth-order valence-corrected chi connectivity index (χ4v) is 6.02. The fourth-order valence-electron chi connectivity index (χ4n) is 6.02. The Balaban J connectivity index is 0.996. The van der Waals surface area contributed by atoms with Gasteiger partial charge in [0.05, 0.1) is 23.9 Å². The summed E-state index contributed by atoms with van der Waals surface area (Å²) in [5, 5.41) is 2.14. The van der Waals surface area contributed by atoms with E-state index in [1.54, 1.807) is 0 Å². The van der Waals surface area contributed by atoms with E-state index in [0.29, 0.717) is 5.56 Å². The largest absolute Gasteiger partial charge is 0.493 e. The number of ether oxygens (including phenoxy) is 1. The summed E-state index contributed by atoms with van der Waals surface area (Å²) in [5.41, 5.74) is 4.00. The van der Waals surface area contributed by atoms with Crippen LogP contribution in [0.5, 0.6) is 5.75 Å². The van der Waals surface area contributed by atoms with Crippen LogP contribution in [-0.2, 0) is 6.54 Å². The van der Waals surface area contributed by atoms with Crippen LogP contribution >= 0.6 is 0 Å². The predicted molar refractivity (Wildman–Crippen MR) is 154 cm³/mol. The van der Waals surface area contributed by atoms with Crippen LogP contribution in [0, 0.1) is 6.92 Å². The number of unbranched alkanes of at least 4 members (excludes halogenated alkanes) is 1. The summed E-state index contributed by atoms with van der Waals surface area (Å²) in [6.07, 6.45) is 6.20. The summed E-state index contributed by atoms with van der Waals surface area (Å²) >= 11 is 0. The van der Waals surface area contributed by atoms with Gasteiger partial charge in [-0.2, -0.15) is 0 Å². The van der Waals surface area contributed by atoms with Crippen molar-refractivity contribution in [2.45, 2.75) is 45.2 Å². The van der Waals surface area contributed by atoms with Crippen molar-refractivity contribution < 1.29 is 9.53 Å². The summed E-state index contributed by atoms with van der Waals surface area (Å²) in [6, 6.07) is 19.2. The van der Waals surface area contributed by atoms with Gasteiger partial charge in [-0.1, -0.05) is 30.3 Å². The standard InChI is InChI=1S/C32H38N4O2/c1-24-18-26-19-29-30(33-22-28-10-7-12-36(28)32(29)37)20-27(26)21-31(24)38-17-6-5-11-34-13-15-35(16-14-34)23-25-8-3-2-4-9-25/h2-4,8-9,18-22,28H,5-7,10-17,23H2,1H3/t28-/m0/s1. The third kappa shape index (κ3) is 5.47. The first kappa shape index (κ1) is 25.1. The van der Waals surface area contributed by atoms with Crippen molar-refractivity contribution in [2.24, 2.45) is 4.99 Å². The maximum Gasteiger partial charge on any atom is 0.256 e. The second kappa shape index (κ2) is 11.3. The van der Waals surface area contributed by atoms with Crippen LogP contribution in [0.4, 0.5) is 5.69 Å². The Bertz CT molecular complexity index is 1310. The number of piperazine rings is 1. The Morgan fingerprint density at radius 2 is 1.71 bits per heavy atom. The minimum atomic E-state index is 0.109. The second-order valence-electron chi connectivity index (χ2n) is 11.0. The van der Waals surface area contributed by atoms with Gasteiger partial charge in [-0.25, -0.2) is 0 Å². The summed E-state index contributed by atoms with van der Waals surface area (Å²) in [4.78, 5) is 24.9. The Morgan fingerprint density at radius 1 is 0.921 bits per heavy atom. The molecule has 0 aromatic heterocycles. The van der Waals surface area contributed by atoms with Crippen LogP contribution in [0.15, 0.2) is 59.6 Å². The van der Waals surface area contributed by atoms with Crippen LogP contribution in [0.2, 0.25) is 0 Å². The lowest BCUT2D eigenvalue weighted by atomic mass is 10.0. The number of hydrogen-bond acceptors (Lipinski definition) is 5. The topological polar surface area (TPSA) is 48.4 Å². The summed E-state index contributed by atoms with van der Waals surface area (Å²) < 4.78 is 6.23. The van der Waals surface area contributed by atoms with Crippen molar-refractivity contribution in [3.63, 3.8) is 0 Å². The van der Waals surface area contributed by atoms with Gasteiger partial charge in [-0.05, 0) is 85.3 Å². The second-order valence-corrected chi connectivity index (χ2v) is 11.0. The molecule has 0 radical (unpaired) electrons. The minimum Gasteiger partial charge on any atom is -0.493 e. The van der Waals surface area contributed by atoms with Crippen LogP contribution in [-0.4, -0.2) is 78.7 Å². The molecule has 6 heteroatoms. The smallest absolute Gasteiger partial charge is 0.256 e. The summed E-state index contributed by atoms with van der Waals surface area (Å²) in [7, 11) is 0. The van der Waals surface area contributed by atoms with Gasteiger partial charge in [0, 0.05) is 45.5 Å². The molecule has 198 valence electrons. The summed E-state index contributed by atoms with van der Waals surface area (Å²) in [5.74, 6) is 1.04. The Morgan fingerprint density at radius 3 is 2.55 bits per heavy atom. The molecular weight excluding hydrogens is 472 g/mol. The number of benzene rings is 3. The molecule has 2 saturated heterocycles. The van der Waals surface area contributed by atoms with Crippen LogP contribution < -0.4 is 4.74 Å². The molecule has 3 heterocycles. The SMILES string of the molecule is Cc1cc2cc3c(cc2cc1OCCCCN1CCN(Cc2ccccc2)CC1)N=C[C@@H]1CCCN1C3=O. The van der Waals surface area contributed by atoms with Gasteiger partial charge in [0.25, 0.3) is 5.91 Å². The first-order chi connectivity index (χ1) is 18.6. The van der Waals surface area contributed by atoms with Gasteiger partial charge in [-0.15, -0.1) is 0 Å². The molecule has 3 aliphatic heterocycles. The number of aliphatic imine (C=N–C) groups is 1. The van der Waals surface area contributed by atoms with E-state index in [1.807, 2.05) is 23.2 Å². The van der Waals surface area contributed by atoms with Gasteiger partial charge in [0.15, 0.2) is 0 Å². The van der Waals surface area contributed by atoms with E-state index in [-0.39, 0.29) is 11.9 Å². The quantitative estimate of drug-likeness (QED) is 0.379. The highest BCUT2D eigenvalue weighted by Gasteiger charge is 2.31. The van der Waals surface area contributed by atoms with Crippen molar-refractivity contribution in [2.75, 3.05) is 45.9 Å². The number of nitrogens with zero attached hydrogens (tertiary/aromatic N) is 4. The molecule has 3 aromatic carbocycles. The van der Waals surface area contributed by atoms with E-state index in [0.717, 1.165) is 106 Å². The monoisotopic (exact) mass is 510 g/mol. The molecule has 6 rings (SSSR count). The molecule has 0 unspecified atom stereocenters. The maximum absolute atomic E-state index is 13.1. The Kier molecular flexibility index (Phi) is 7.43. The van der Waals surface area contributed by atoms with E-state index in [4.69, 9.17) is 9.73 Å². The zero-order chi connectivity index (χ0) is 25.9. The van der Waals surface area contributed by atoms with Crippen LogP contribution in [0.1, 0.15) is 47.2 Å². The van der Waals surface area contributed by atoms with Crippen LogP contribution in [0.3, 0.4) is 0 Å². The lowest BCUT2D eigenvalue weighted by Crippen LogP contribution is -2.46. The molecule has 0 spiro atoms. The molecule has 1 atom stereocenters. The highest BCUT2D eigenvalue weighted by atomic mass is 16.5. The Labute approximate surface area is 225 Å².